The van der Waals surface area contributed by atoms with Gasteiger partial charge in [-0.25, -0.2) is 0 Å². The molecular weight excluding hydrogens is 220 g/mol. The summed E-state index contributed by atoms with van der Waals surface area (Å²) in [6.07, 6.45) is 4.48. The van der Waals surface area contributed by atoms with Crippen molar-refractivity contribution in [3.05, 3.63) is 24.5 Å². The molecule has 0 radical (unpaired) electrons. The SMILES string of the molecule is COC(=O)CN1CCC(Oc2ccncc2)C1. The highest BCUT2D eigenvalue weighted by Crippen LogP contribution is 2.17. The maximum absolute atomic E-state index is 11.1. The standard InChI is InChI=1S/C12H16N2O3/c1-16-12(15)9-14-7-4-11(8-14)17-10-2-5-13-6-3-10/h2-3,5-6,11H,4,7-9H2,1H3. The normalized spacial score (nSPS) is 20.2. The summed E-state index contributed by atoms with van der Waals surface area (Å²) >= 11 is 0. The molecule has 0 amide bonds. The second kappa shape index (κ2) is 5.63. The van der Waals surface area contributed by atoms with Crippen LogP contribution in [-0.2, 0) is 9.53 Å². The maximum Gasteiger partial charge on any atom is 0.319 e. The van der Waals surface area contributed by atoms with Crippen LogP contribution in [0.3, 0.4) is 0 Å². The average Bonchev–Trinajstić information content (AvgIpc) is 2.77. The Morgan fingerprint density at radius 3 is 3.00 bits per heavy atom. The molecule has 1 saturated heterocycles. The number of hydrogen-bond donors (Lipinski definition) is 0. The molecule has 1 aliphatic rings. The Hall–Kier alpha value is -1.62. The van der Waals surface area contributed by atoms with E-state index in [0.717, 1.165) is 25.3 Å². The highest BCUT2D eigenvalue weighted by atomic mass is 16.5. The predicted molar refractivity (Wildman–Crippen MR) is 61.7 cm³/mol. The number of aromatic nitrogens is 1. The zero-order chi connectivity index (χ0) is 12.1. The molecule has 1 unspecified atom stereocenters. The summed E-state index contributed by atoms with van der Waals surface area (Å²) < 4.78 is 10.4. The topological polar surface area (TPSA) is 51.7 Å². The molecule has 1 aliphatic heterocycles. The van der Waals surface area contributed by atoms with E-state index in [0.29, 0.717) is 6.54 Å². The van der Waals surface area contributed by atoms with E-state index in [4.69, 9.17) is 4.74 Å². The Kier molecular flexibility index (Phi) is 3.93. The Labute approximate surface area is 100 Å². The van der Waals surface area contributed by atoms with Gasteiger partial charge in [0.05, 0.1) is 13.7 Å². The summed E-state index contributed by atoms with van der Waals surface area (Å²) in [4.78, 5) is 17.1. The van der Waals surface area contributed by atoms with Gasteiger partial charge in [0.15, 0.2) is 0 Å². The Bertz CT molecular complexity index is 369. The van der Waals surface area contributed by atoms with Crippen LogP contribution < -0.4 is 4.74 Å². The third-order valence-corrected chi connectivity index (χ3v) is 2.76. The first-order chi connectivity index (χ1) is 8.28. The van der Waals surface area contributed by atoms with Crippen LogP contribution in [0.4, 0.5) is 0 Å². The zero-order valence-corrected chi connectivity index (χ0v) is 9.83. The molecule has 5 heteroatoms. The van der Waals surface area contributed by atoms with Crippen molar-refractivity contribution in [2.75, 3.05) is 26.7 Å². The first kappa shape index (κ1) is 11.9. The van der Waals surface area contributed by atoms with Crippen LogP contribution in [0.1, 0.15) is 6.42 Å². The van der Waals surface area contributed by atoms with Gasteiger partial charge in [0, 0.05) is 25.5 Å². The minimum Gasteiger partial charge on any atom is -0.489 e. The van der Waals surface area contributed by atoms with Crippen LogP contribution in [0.15, 0.2) is 24.5 Å². The molecule has 1 aromatic rings. The summed E-state index contributed by atoms with van der Waals surface area (Å²) in [5.74, 6) is 0.625. The minimum atomic E-state index is -0.199. The number of nitrogens with zero attached hydrogens (tertiary/aromatic N) is 2. The Balaban J connectivity index is 1.80. The van der Waals surface area contributed by atoms with E-state index in [1.807, 2.05) is 17.0 Å². The minimum absolute atomic E-state index is 0.141. The van der Waals surface area contributed by atoms with Crippen molar-refractivity contribution >= 4 is 5.97 Å². The Morgan fingerprint density at radius 2 is 2.29 bits per heavy atom. The second-order valence-corrected chi connectivity index (χ2v) is 4.02. The molecule has 1 fully saturated rings. The van der Waals surface area contributed by atoms with Crippen molar-refractivity contribution in [2.45, 2.75) is 12.5 Å². The molecule has 0 saturated carbocycles. The number of esters is 1. The van der Waals surface area contributed by atoms with E-state index < -0.39 is 0 Å². The van der Waals surface area contributed by atoms with Crippen LogP contribution in [-0.4, -0.2) is 48.7 Å². The smallest absolute Gasteiger partial charge is 0.319 e. The number of hydrogen-bond acceptors (Lipinski definition) is 5. The molecule has 5 nitrogen and oxygen atoms in total. The van der Waals surface area contributed by atoms with Gasteiger partial charge in [-0.3, -0.25) is 14.7 Å². The number of rotatable bonds is 4. The molecule has 0 N–H and O–H groups in total. The van der Waals surface area contributed by atoms with E-state index in [1.165, 1.54) is 7.11 Å². The maximum atomic E-state index is 11.1. The van der Waals surface area contributed by atoms with Gasteiger partial charge in [-0.15, -0.1) is 0 Å². The summed E-state index contributed by atoms with van der Waals surface area (Å²) in [6.45, 7) is 1.97. The van der Waals surface area contributed by atoms with Gasteiger partial charge in [0.2, 0.25) is 0 Å². The lowest BCUT2D eigenvalue weighted by atomic mass is 10.3. The molecule has 1 aromatic heterocycles. The monoisotopic (exact) mass is 236 g/mol. The highest BCUT2D eigenvalue weighted by molar-refractivity contribution is 5.71. The van der Waals surface area contributed by atoms with E-state index in [1.54, 1.807) is 12.4 Å². The van der Waals surface area contributed by atoms with Crippen LogP contribution >= 0.6 is 0 Å². The molecule has 2 rings (SSSR count). The number of carbonyl (C=O) groups excluding carboxylic acids is 1. The van der Waals surface area contributed by atoms with Gasteiger partial charge in [0.1, 0.15) is 11.9 Å². The second-order valence-electron chi connectivity index (χ2n) is 4.02. The molecule has 0 aromatic carbocycles. The highest BCUT2D eigenvalue weighted by Gasteiger charge is 2.25. The van der Waals surface area contributed by atoms with Gasteiger partial charge in [-0.05, 0) is 18.6 Å². The zero-order valence-electron chi connectivity index (χ0n) is 9.83. The van der Waals surface area contributed by atoms with Crippen molar-refractivity contribution in [1.29, 1.82) is 0 Å². The van der Waals surface area contributed by atoms with Crippen molar-refractivity contribution in [2.24, 2.45) is 0 Å². The lowest BCUT2D eigenvalue weighted by Gasteiger charge is -2.15. The number of methoxy groups -OCH3 is 1. The lowest BCUT2D eigenvalue weighted by molar-refractivity contribution is -0.141. The molecule has 2 heterocycles. The number of ether oxygens (including phenoxy) is 2. The van der Waals surface area contributed by atoms with E-state index in [9.17, 15) is 4.79 Å². The Morgan fingerprint density at radius 1 is 1.53 bits per heavy atom. The molecule has 17 heavy (non-hydrogen) atoms. The first-order valence-electron chi connectivity index (χ1n) is 5.64. The number of likely N-dealkylation sites (tertiary alicyclic amines) is 1. The van der Waals surface area contributed by atoms with Gasteiger partial charge < -0.3 is 9.47 Å². The molecule has 0 bridgehead atoms. The largest absolute Gasteiger partial charge is 0.489 e. The quantitative estimate of drug-likeness (QED) is 0.721. The lowest BCUT2D eigenvalue weighted by Crippen LogP contribution is -2.30. The fourth-order valence-corrected chi connectivity index (χ4v) is 1.89. The molecule has 0 aliphatic carbocycles. The van der Waals surface area contributed by atoms with Crippen LogP contribution in [0.2, 0.25) is 0 Å². The molecular formula is C12H16N2O3. The van der Waals surface area contributed by atoms with E-state index in [2.05, 4.69) is 9.72 Å². The third kappa shape index (κ3) is 3.42. The van der Waals surface area contributed by atoms with Crippen molar-refractivity contribution in [1.82, 2.24) is 9.88 Å². The van der Waals surface area contributed by atoms with Gasteiger partial charge >= 0.3 is 5.97 Å². The van der Waals surface area contributed by atoms with Gasteiger partial charge in [-0.1, -0.05) is 0 Å². The van der Waals surface area contributed by atoms with Crippen LogP contribution in [0.25, 0.3) is 0 Å². The predicted octanol–water partition coefficient (Wildman–Crippen LogP) is 0.708. The fraction of sp³-hybridized carbons (Fsp3) is 0.500. The molecule has 1 atom stereocenters. The van der Waals surface area contributed by atoms with Crippen molar-refractivity contribution < 1.29 is 14.3 Å². The van der Waals surface area contributed by atoms with Crippen molar-refractivity contribution in [3.8, 4) is 5.75 Å². The van der Waals surface area contributed by atoms with E-state index >= 15 is 0 Å². The van der Waals surface area contributed by atoms with Crippen molar-refractivity contribution in [3.63, 3.8) is 0 Å². The van der Waals surface area contributed by atoms with Crippen LogP contribution in [0, 0.1) is 0 Å². The molecule has 92 valence electrons. The summed E-state index contributed by atoms with van der Waals surface area (Å²) in [7, 11) is 1.41. The fourth-order valence-electron chi connectivity index (χ4n) is 1.89. The first-order valence-corrected chi connectivity index (χ1v) is 5.64. The van der Waals surface area contributed by atoms with Crippen LogP contribution in [0.5, 0.6) is 5.75 Å². The summed E-state index contributed by atoms with van der Waals surface area (Å²) in [6, 6.07) is 3.67. The summed E-state index contributed by atoms with van der Waals surface area (Å²) in [5, 5.41) is 0. The third-order valence-electron chi connectivity index (χ3n) is 2.76. The summed E-state index contributed by atoms with van der Waals surface area (Å²) in [5.41, 5.74) is 0. The number of pyridine rings is 1. The molecule has 0 spiro atoms. The number of carbonyl (C=O) groups is 1. The van der Waals surface area contributed by atoms with Gasteiger partial charge in [-0.2, -0.15) is 0 Å². The van der Waals surface area contributed by atoms with Gasteiger partial charge in [0.25, 0.3) is 0 Å². The average molecular weight is 236 g/mol. The van der Waals surface area contributed by atoms with E-state index in [-0.39, 0.29) is 12.1 Å².